The van der Waals surface area contributed by atoms with Gasteiger partial charge >= 0.3 is 0 Å². The summed E-state index contributed by atoms with van der Waals surface area (Å²) in [6.07, 6.45) is 6.86. The van der Waals surface area contributed by atoms with Gasteiger partial charge in [-0.2, -0.15) is 0 Å². The summed E-state index contributed by atoms with van der Waals surface area (Å²) in [4.78, 5) is 0. The Kier molecular flexibility index (Phi) is 5.81. The average Bonchev–Trinajstić information content (AvgIpc) is 2.90. The van der Waals surface area contributed by atoms with Crippen LogP contribution in [-0.2, 0) is 16.2 Å². The first-order chi connectivity index (χ1) is 18.7. The molecule has 0 radical (unpaired) electrons. The lowest BCUT2D eigenvalue weighted by atomic mass is 9.36. The normalized spacial score (nSPS) is 28.9. The highest BCUT2D eigenvalue weighted by atomic mass is 16.3. The Hall–Kier alpha value is -2.94. The average molecular weight is 539 g/mol. The molecular weight excluding hydrogens is 492 g/mol. The fourth-order valence-electron chi connectivity index (χ4n) is 10.2. The molecule has 0 saturated heterocycles. The number of aromatic hydroxyl groups is 3. The smallest absolute Gasteiger partial charge is 0.121 e. The predicted octanol–water partition coefficient (Wildman–Crippen LogP) is 8.69. The molecule has 3 heteroatoms. The third-order valence-electron chi connectivity index (χ3n) is 12.0. The Labute approximate surface area is 240 Å². The summed E-state index contributed by atoms with van der Waals surface area (Å²) in [6.45, 7) is 19.0. The summed E-state index contributed by atoms with van der Waals surface area (Å²) in [7, 11) is 0. The molecule has 4 bridgehead atoms. The maximum absolute atomic E-state index is 10.9. The number of aryl methyl sites for hydroxylation is 3. The van der Waals surface area contributed by atoms with Crippen LogP contribution in [0.5, 0.6) is 17.2 Å². The predicted molar refractivity (Wildman–Crippen MR) is 163 cm³/mol. The number of hydrogen-bond donors (Lipinski definition) is 3. The Morgan fingerprint density at radius 3 is 0.950 bits per heavy atom. The van der Waals surface area contributed by atoms with Crippen molar-refractivity contribution >= 4 is 0 Å². The van der Waals surface area contributed by atoms with Crippen molar-refractivity contribution < 1.29 is 15.3 Å². The molecule has 3 aromatic carbocycles. The van der Waals surface area contributed by atoms with Gasteiger partial charge in [0, 0.05) is 0 Å². The van der Waals surface area contributed by atoms with E-state index in [1.807, 2.05) is 20.8 Å². The van der Waals surface area contributed by atoms with E-state index in [2.05, 4.69) is 59.7 Å². The lowest BCUT2D eigenvalue weighted by molar-refractivity contribution is -0.0501. The van der Waals surface area contributed by atoms with Gasteiger partial charge in [0.25, 0.3) is 0 Å². The van der Waals surface area contributed by atoms with Gasteiger partial charge in [-0.25, -0.2) is 0 Å². The molecular formula is C37H46O3. The third kappa shape index (κ3) is 3.48. The molecule has 3 aromatic rings. The summed E-state index contributed by atoms with van der Waals surface area (Å²) >= 11 is 0. The van der Waals surface area contributed by atoms with E-state index < -0.39 is 0 Å². The summed E-state index contributed by atoms with van der Waals surface area (Å²) in [6, 6.07) is 6.89. The maximum atomic E-state index is 10.9. The van der Waals surface area contributed by atoms with Gasteiger partial charge in [0.15, 0.2) is 0 Å². The molecule has 0 amide bonds. The minimum Gasteiger partial charge on any atom is -0.507 e. The molecule has 0 unspecified atom stereocenters. The number of benzene rings is 3. The molecule has 3 N–H and O–H groups in total. The quantitative estimate of drug-likeness (QED) is 0.313. The second-order valence-electron chi connectivity index (χ2n) is 14.4. The van der Waals surface area contributed by atoms with Crippen molar-refractivity contribution in [3.8, 4) is 17.2 Å². The number of phenolic OH excluding ortho intramolecular Hbond substituents is 3. The van der Waals surface area contributed by atoms with E-state index in [-0.39, 0.29) is 16.2 Å². The monoisotopic (exact) mass is 538 g/mol. The van der Waals surface area contributed by atoms with Gasteiger partial charge in [-0.15, -0.1) is 0 Å². The molecule has 0 heterocycles. The fraction of sp³-hybridized carbons (Fsp3) is 0.514. The van der Waals surface area contributed by atoms with Crippen LogP contribution in [0.1, 0.15) is 105 Å². The number of rotatable bonds is 3. The Balaban J connectivity index is 1.67. The van der Waals surface area contributed by atoms with Crippen LogP contribution in [0.2, 0.25) is 0 Å². The van der Waals surface area contributed by atoms with Crippen molar-refractivity contribution in [2.24, 2.45) is 5.92 Å². The lowest BCUT2D eigenvalue weighted by Gasteiger charge is -2.68. The standard InChI is InChI=1S/C37H46O3/c1-19-10-29(22(4)25(7)32(19)38)35-13-28-14-36(16-35,30-11-20(2)33(39)26(8)23(30)5)18-37(15-28,17-35)31-12-21(3)34(40)27(9)24(31)6/h10-12,28,38-40H,13-18H2,1-9H3. The Bertz CT molecular complexity index is 1400. The van der Waals surface area contributed by atoms with E-state index in [9.17, 15) is 15.3 Å². The van der Waals surface area contributed by atoms with Crippen molar-refractivity contribution in [1.29, 1.82) is 0 Å². The minimum atomic E-state index is 0.00495. The molecule has 4 saturated carbocycles. The third-order valence-corrected chi connectivity index (χ3v) is 12.0. The van der Waals surface area contributed by atoms with Gasteiger partial charge in [0.05, 0.1) is 0 Å². The molecule has 0 aromatic heterocycles. The van der Waals surface area contributed by atoms with Gasteiger partial charge in [0.2, 0.25) is 0 Å². The minimum absolute atomic E-state index is 0.00495. The molecule has 4 aliphatic rings. The molecule has 4 aliphatic carbocycles. The van der Waals surface area contributed by atoms with Gasteiger partial charge in [-0.3, -0.25) is 0 Å². The van der Waals surface area contributed by atoms with Gasteiger partial charge in [-0.1, -0.05) is 18.2 Å². The first-order valence-corrected chi connectivity index (χ1v) is 15.1. The van der Waals surface area contributed by atoms with E-state index >= 15 is 0 Å². The molecule has 0 spiro atoms. The first-order valence-electron chi connectivity index (χ1n) is 15.1. The second-order valence-corrected chi connectivity index (χ2v) is 14.4. The SMILES string of the molecule is Cc1cc(C23CC4CC(c5cc(C)c(O)c(C)c5C)(C2)CC(c2cc(C)c(O)c(C)c2C)(C4)C3)c(C)c(C)c1O. The van der Waals surface area contributed by atoms with E-state index in [0.717, 1.165) is 52.6 Å². The summed E-state index contributed by atoms with van der Waals surface area (Å²) < 4.78 is 0. The van der Waals surface area contributed by atoms with Crippen LogP contribution in [0.25, 0.3) is 0 Å². The largest absolute Gasteiger partial charge is 0.507 e. The van der Waals surface area contributed by atoms with Gasteiger partial charge < -0.3 is 15.3 Å². The number of hydrogen-bond acceptors (Lipinski definition) is 3. The molecule has 212 valence electrons. The zero-order valence-electron chi connectivity index (χ0n) is 25.9. The summed E-state index contributed by atoms with van der Waals surface area (Å²) in [5.41, 5.74) is 13.9. The van der Waals surface area contributed by atoms with Crippen LogP contribution in [0.15, 0.2) is 18.2 Å². The fourth-order valence-corrected chi connectivity index (χ4v) is 10.2. The zero-order valence-corrected chi connectivity index (χ0v) is 25.9. The van der Waals surface area contributed by atoms with Crippen molar-refractivity contribution in [2.45, 2.75) is 117 Å². The first kappa shape index (κ1) is 27.2. The molecule has 0 aliphatic heterocycles. The number of phenols is 3. The summed E-state index contributed by atoms with van der Waals surface area (Å²) in [5, 5.41) is 32.6. The second kappa shape index (κ2) is 8.54. The van der Waals surface area contributed by atoms with E-state index in [4.69, 9.17) is 0 Å². The van der Waals surface area contributed by atoms with E-state index in [1.165, 1.54) is 52.6 Å². The molecule has 0 atom stereocenters. The van der Waals surface area contributed by atoms with Crippen molar-refractivity contribution in [1.82, 2.24) is 0 Å². The highest BCUT2D eigenvalue weighted by Crippen LogP contribution is 2.72. The van der Waals surface area contributed by atoms with Crippen LogP contribution in [0.4, 0.5) is 0 Å². The maximum Gasteiger partial charge on any atom is 0.121 e. The van der Waals surface area contributed by atoms with Crippen molar-refractivity contribution in [2.75, 3.05) is 0 Å². The van der Waals surface area contributed by atoms with Crippen LogP contribution >= 0.6 is 0 Å². The molecule has 3 nitrogen and oxygen atoms in total. The molecule has 4 fully saturated rings. The van der Waals surface area contributed by atoms with E-state index in [1.54, 1.807) is 0 Å². The summed E-state index contributed by atoms with van der Waals surface area (Å²) in [5.74, 6) is 1.87. The van der Waals surface area contributed by atoms with Gasteiger partial charge in [-0.05, 0) is 190 Å². The van der Waals surface area contributed by atoms with Gasteiger partial charge in [0.1, 0.15) is 17.2 Å². The topological polar surface area (TPSA) is 60.7 Å². The highest BCUT2D eigenvalue weighted by molar-refractivity contribution is 5.58. The van der Waals surface area contributed by atoms with Crippen LogP contribution < -0.4 is 0 Å². The highest BCUT2D eigenvalue weighted by Gasteiger charge is 2.65. The lowest BCUT2D eigenvalue weighted by Crippen LogP contribution is -2.62. The van der Waals surface area contributed by atoms with E-state index in [0.29, 0.717) is 23.2 Å². The van der Waals surface area contributed by atoms with Crippen molar-refractivity contribution in [3.63, 3.8) is 0 Å². The van der Waals surface area contributed by atoms with Crippen molar-refractivity contribution in [3.05, 3.63) is 85.0 Å². The zero-order chi connectivity index (χ0) is 29.1. The van der Waals surface area contributed by atoms with Crippen LogP contribution in [0, 0.1) is 68.2 Å². The van der Waals surface area contributed by atoms with Crippen LogP contribution in [0.3, 0.4) is 0 Å². The Morgan fingerprint density at radius 1 is 0.450 bits per heavy atom. The molecule has 40 heavy (non-hydrogen) atoms. The molecule has 7 rings (SSSR count). The Morgan fingerprint density at radius 2 is 0.700 bits per heavy atom. The van der Waals surface area contributed by atoms with Crippen LogP contribution in [-0.4, -0.2) is 15.3 Å².